The van der Waals surface area contributed by atoms with Crippen LogP contribution in [0.2, 0.25) is 0 Å². The zero-order valence-corrected chi connectivity index (χ0v) is 15.4. The summed E-state index contributed by atoms with van der Waals surface area (Å²) in [4.78, 5) is 24.7. The van der Waals surface area contributed by atoms with Gasteiger partial charge in [-0.3, -0.25) is 9.59 Å². The lowest BCUT2D eigenvalue weighted by Crippen LogP contribution is -2.44. The number of para-hydroxylation sites is 1. The van der Waals surface area contributed by atoms with Crippen LogP contribution in [0, 0.1) is 11.8 Å². The molecule has 1 aliphatic carbocycles. The molecule has 1 aliphatic heterocycles. The molecule has 3 rings (SSSR count). The lowest BCUT2D eigenvalue weighted by molar-refractivity contribution is -0.129. The molecule has 7 heteroatoms. The fourth-order valence-electron chi connectivity index (χ4n) is 3.65. The number of carbonyl (C=O) groups excluding carboxylic acids is 2. The van der Waals surface area contributed by atoms with Crippen molar-refractivity contribution in [3.8, 4) is 5.75 Å². The highest BCUT2D eigenvalue weighted by molar-refractivity contribution is 5.81. The largest absolute Gasteiger partial charge is 0.492 e. The number of benzene rings is 1. The van der Waals surface area contributed by atoms with E-state index in [0.29, 0.717) is 52.0 Å². The number of aliphatic hydroxyl groups excluding tert-OH is 1. The van der Waals surface area contributed by atoms with Crippen LogP contribution < -0.4 is 15.4 Å². The van der Waals surface area contributed by atoms with Crippen molar-refractivity contribution >= 4 is 11.8 Å². The number of ether oxygens (including phenoxy) is 2. The van der Waals surface area contributed by atoms with E-state index in [2.05, 4.69) is 10.6 Å². The van der Waals surface area contributed by atoms with Crippen molar-refractivity contribution in [2.45, 2.75) is 37.8 Å². The number of rotatable bonds is 7. The Morgan fingerprint density at radius 1 is 1.07 bits per heavy atom. The van der Waals surface area contributed by atoms with E-state index in [-0.39, 0.29) is 29.7 Å². The zero-order chi connectivity index (χ0) is 19.1. The molecule has 0 radical (unpaired) electrons. The minimum absolute atomic E-state index is 0.0420. The van der Waals surface area contributed by atoms with Gasteiger partial charge in [-0.2, -0.15) is 0 Å². The fraction of sp³-hybridized carbons (Fsp3) is 0.600. The molecule has 0 bridgehead atoms. The molecular formula is C20H28N2O5. The van der Waals surface area contributed by atoms with Gasteiger partial charge in [0, 0.05) is 25.0 Å². The molecule has 0 unspecified atom stereocenters. The zero-order valence-electron chi connectivity index (χ0n) is 15.4. The van der Waals surface area contributed by atoms with E-state index in [9.17, 15) is 14.7 Å². The third kappa shape index (κ3) is 5.68. The van der Waals surface area contributed by atoms with Gasteiger partial charge in [0.15, 0.2) is 0 Å². The lowest BCUT2D eigenvalue weighted by Gasteiger charge is -2.24. The summed E-state index contributed by atoms with van der Waals surface area (Å²) < 4.78 is 10.8. The Bertz CT molecular complexity index is 618. The Morgan fingerprint density at radius 2 is 1.81 bits per heavy atom. The van der Waals surface area contributed by atoms with Crippen LogP contribution >= 0.6 is 0 Å². The Kier molecular flexibility index (Phi) is 7.06. The standard InChI is InChI=1S/C20H28N2O5/c23-18-13-15(12-17(18)22-20(25)14-6-9-26-10-7-14)19(24)21-8-11-27-16-4-2-1-3-5-16/h1-5,14-15,17-18,23H,6-13H2,(H,21,24)(H,22,25)/t15-,17+,18+/m0/s1. The number of hydrogen-bond donors (Lipinski definition) is 3. The van der Waals surface area contributed by atoms with E-state index in [4.69, 9.17) is 9.47 Å². The third-order valence-electron chi connectivity index (χ3n) is 5.23. The summed E-state index contributed by atoms with van der Waals surface area (Å²) >= 11 is 0. The normalized spacial score (nSPS) is 25.7. The maximum Gasteiger partial charge on any atom is 0.223 e. The van der Waals surface area contributed by atoms with E-state index in [1.165, 1.54) is 0 Å². The maximum atomic E-state index is 12.3. The van der Waals surface area contributed by atoms with Crippen molar-refractivity contribution in [1.82, 2.24) is 10.6 Å². The van der Waals surface area contributed by atoms with E-state index < -0.39 is 6.10 Å². The predicted molar refractivity (Wildman–Crippen MR) is 99.2 cm³/mol. The van der Waals surface area contributed by atoms with Crippen LogP contribution in [0.3, 0.4) is 0 Å². The van der Waals surface area contributed by atoms with Gasteiger partial charge in [0.2, 0.25) is 11.8 Å². The lowest BCUT2D eigenvalue weighted by atomic mass is 9.98. The molecule has 3 atom stereocenters. The molecule has 2 amide bonds. The molecule has 2 fully saturated rings. The van der Waals surface area contributed by atoms with Crippen molar-refractivity contribution in [1.29, 1.82) is 0 Å². The predicted octanol–water partition coefficient (Wildman–Crippen LogP) is 0.864. The number of hydrogen-bond acceptors (Lipinski definition) is 5. The molecule has 0 aromatic heterocycles. The number of carbonyl (C=O) groups is 2. The van der Waals surface area contributed by atoms with Gasteiger partial charge in [0.25, 0.3) is 0 Å². The van der Waals surface area contributed by atoms with Crippen molar-refractivity contribution in [3.63, 3.8) is 0 Å². The minimum atomic E-state index is -0.690. The van der Waals surface area contributed by atoms with Crippen LogP contribution in [0.1, 0.15) is 25.7 Å². The molecule has 3 N–H and O–H groups in total. The SMILES string of the molecule is O=C(N[C@@H]1C[C@H](C(=O)NCCOc2ccccc2)C[C@H]1O)C1CCOCC1. The van der Waals surface area contributed by atoms with Crippen LogP contribution in [0.25, 0.3) is 0 Å². The van der Waals surface area contributed by atoms with Crippen LogP contribution in [0.15, 0.2) is 30.3 Å². The molecular weight excluding hydrogens is 348 g/mol. The van der Waals surface area contributed by atoms with E-state index in [1.54, 1.807) is 0 Å². The van der Waals surface area contributed by atoms with Gasteiger partial charge in [-0.25, -0.2) is 0 Å². The first-order valence-corrected chi connectivity index (χ1v) is 9.65. The van der Waals surface area contributed by atoms with E-state index in [1.807, 2.05) is 30.3 Å². The Morgan fingerprint density at radius 3 is 2.56 bits per heavy atom. The van der Waals surface area contributed by atoms with Crippen molar-refractivity contribution in [2.75, 3.05) is 26.4 Å². The second-order valence-electron chi connectivity index (χ2n) is 7.19. The van der Waals surface area contributed by atoms with Gasteiger partial charge in [-0.15, -0.1) is 0 Å². The van der Waals surface area contributed by atoms with Crippen molar-refractivity contribution < 1.29 is 24.2 Å². The summed E-state index contributed by atoms with van der Waals surface area (Å²) in [5.74, 6) is 0.262. The maximum absolute atomic E-state index is 12.3. The summed E-state index contributed by atoms with van der Waals surface area (Å²) in [6, 6.07) is 9.06. The number of aliphatic hydroxyl groups is 1. The van der Waals surface area contributed by atoms with E-state index in [0.717, 1.165) is 5.75 Å². The first-order valence-electron chi connectivity index (χ1n) is 9.65. The highest BCUT2D eigenvalue weighted by Crippen LogP contribution is 2.27. The number of nitrogens with one attached hydrogen (secondary N) is 2. The molecule has 1 saturated heterocycles. The average Bonchev–Trinajstić information content (AvgIpc) is 3.07. The molecule has 7 nitrogen and oxygen atoms in total. The van der Waals surface area contributed by atoms with Gasteiger partial charge in [0.1, 0.15) is 12.4 Å². The molecule has 27 heavy (non-hydrogen) atoms. The monoisotopic (exact) mass is 376 g/mol. The fourth-order valence-corrected chi connectivity index (χ4v) is 3.65. The summed E-state index contributed by atoms with van der Waals surface area (Å²) in [6.45, 7) is 1.98. The van der Waals surface area contributed by atoms with Gasteiger partial charge in [-0.1, -0.05) is 18.2 Å². The minimum Gasteiger partial charge on any atom is -0.492 e. The van der Waals surface area contributed by atoms with Crippen LogP contribution in [0.4, 0.5) is 0 Å². The second-order valence-corrected chi connectivity index (χ2v) is 7.19. The summed E-state index contributed by atoms with van der Waals surface area (Å²) in [5.41, 5.74) is 0. The third-order valence-corrected chi connectivity index (χ3v) is 5.23. The first-order chi connectivity index (χ1) is 13.1. The molecule has 1 aromatic rings. The van der Waals surface area contributed by atoms with Gasteiger partial charge >= 0.3 is 0 Å². The quantitative estimate of drug-likeness (QED) is 0.614. The summed E-state index contributed by atoms with van der Waals surface area (Å²) in [7, 11) is 0. The molecule has 148 valence electrons. The Labute approximate surface area is 159 Å². The topological polar surface area (TPSA) is 96.9 Å². The van der Waals surface area contributed by atoms with Crippen LogP contribution in [0.5, 0.6) is 5.75 Å². The summed E-state index contributed by atoms with van der Waals surface area (Å²) in [6.07, 6.45) is 1.55. The van der Waals surface area contributed by atoms with Crippen molar-refractivity contribution in [3.05, 3.63) is 30.3 Å². The van der Waals surface area contributed by atoms with E-state index >= 15 is 0 Å². The molecule has 1 aromatic carbocycles. The highest BCUT2D eigenvalue weighted by Gasteiger charge is 2.38. The van der Waals surface area contributed by atoms with Crippen molar-refractivity contribution in [2.24, 2.45) is 11.8 Å². The van der Waals surface area contributed by atoms with Gasteiger partial charge < -0.3 is 25.2 Å². The van der Waals surface area contributed by atoms with Gasteiger partial charge in [-0.05, 0) is 37.8 Å². The molecule has 2 aliphatic rings. The highest BCUT2D eigenvalue weighted by atomic mass is 16.5. The number of amides is 2. The van der Waals surface area contributed by atoms with Crippen LogP contribution in [-0.4, -0.2) is 55.4 Å². The molecule has 1 heterocycles. The smallest absolute Gasteiger partial charge is 0.223 e. The Hall–Kier alpha value is -2.12. The first kappa shape index (κ1) is 19.6. The molecule has 0 spiro atoms. The van der Waals surface area contributed by atoms with Gasteiger partial charge in [0.05, 0.1) is 18.7 Å². The average molecular weight is 376 g/mol. The Balaban J connectivity index is 1.37. The summed E-state index contributed by atoms with van der Waals surface area (Å²) in [5, 5.41) is 16.0. The second kappa shape index (κ2) is 9.71. The molecule has 1 saturated carbocycles. The van der Waals surface area contributed by atoms with Crippen LogP contribution in [-0.2, 0) is 14.3 Å².